The number of carboxylic acid groups (broad SMARTS) is 1. The third-order valence-electron chi connectivity index (χ3n) is 15.6. The maximum Gasteiger partial charge on any atom is 0.419 e. The van der Waals surface area contributed by atoms with Gasteiger partial charge in [0.2, 0.25) is 31.9 Å². The minimum Gasteiger partial charge on any atom is -0.478 e. The van der Waals surface area contributed by atoms with Crippen LogP contribution in [0, 0.1) is 39.3 Å². The van der Waals surface area contributed by atoms with E-state index in [0.29, 0.717) is 82.8 Å². The van der Waals surface area contributed by atoms with Gasteiger partial charge in [-0.3, -0.25) is 34.0 Å². The number of amidine groups is 2. The van der Waals surface area contributed by atoms with E-state index in [-0.39, 0.29) is 119 Å². The van der Waals surface area contributed by atoms with Crippen LogP contribution in [-0.4, -0.2) is 159 Å². The second-order valence-corrected chi connectivity index (χ2v) is 25.4. The number of carbonyl (C=O) groups is 6. The van der Waals surface area contributed by atoms with E-state index in [0.717, 1.165) is 36.0 Å². The lowest BCUT2D eigenvalue weighted by atomic mass is 9.89. The van der Waals surface area contributed by atoms with Gasteiger partial charge in [0, 0.05) is 79.9 Å². The molecule has 4 saturated heterocycles. The van der Waals surface area contributed by atoms with Crippen LogP contribution in [0.4, 0.5) is 35.1 Å². The summed E-state index contributed by atoms with van der Waals surface area (Å²) in [6.07, 6.45) is -7.05. The molecule has 4 aromatic carbocycles. The normalized spacial score (nSPS) is 18.6. The standard InChI is InChI=1S/C29H29F4N5O5S.C25H23F4N3O5S.C4H8N2O.2CH4/c1-17-13-20(26(40)37-11-8-34-24(39)16-37)14-18(2)21(17)5-12-44(42,43)38-9-6-28(7-10-38)27(41)35-25(36-28)19-3-4-23(30)22(15-19)29(31,32)33;1-14-11-17(22(33)34)12-15(2)18(14)5-10-38(36,37)32-8-6-24(7-9-32)23(35)30-21(31-24)16-3-4-20(26)19(13-16)25(27,28)29;7-4-3-5-1-2-6-4;;/h3-5,12-15H,6-11,16H2,1-2H3,(H,34,39)(H,35,36,41);3-5,10-13H,6-9H2,1-2H3,(H,33,34)(H,30,31,35);5H,1-3H2,(H,6,7);2*1H4/b12-5+;10-5+;;;. The predicted molar refractivity (Wildman–Crippen MR) is 322 cm³/mol. The number of rotatable bonds is 10. The van der Waals surface area contributed by atoms with Gasteiger partial charge in [0.15, 0.2) is 0 Å². The largest absolute Gasteiger partial charge is 0.478 e. The highest BCUT2D eigenvalue weighted by Crippen LogP contribution is 2.38. The van der Waals surface area contributed by atoms with E-state index in [1.807, 2.05) is 0 Å². The van der Waals surface area contributed by atoms with Gasteiger partial charge in [-0.2, -0.15) is 35.0 Å². The van der Waals surface area contributed by atoms with Crippen LogP contribution in [0.2, 0.25) is 0 Å². The Bertz CT molecular complexity index is 3840. The fraction of sp³-hybridized carbons (Fsp3) is 0.400. The molecular formula is C60H68F8N10O11S2. The summed E-state index contributed by atoms with van der Waals surface area (Å²) in [5.74, 6) is -5.81. The van der Waals surface area contributed by atoms with Gasteiger partial charge in [-0.15, -0.1) is 0 Å². The second-order valence-electron chi connectivity index (χ2n) is 21.7. The number of benzene rings is 4. The molecule has 31 heteroatoms. The first-order valence-electron chi connectivity index (χ1n) is 27.5. The number of piperazine rings is 2. The molecule has 21 nitrogen and oxygen atoms in total. The fourth-order valence-electron chi connectivity index (χ4n) is 10.7. The Morgan fingerprint density at radius 2 is 0.967 bits per heavy atom. The molecule has 6 aliphatic heterocycles. The summed E-state index contributed by atoms with van der Waals surface area (Å²) in [7, 11) is -7.84. The van der Waals surface area contributed by atoms with Crippen molar-refractivity contribution in [2.24, 2.45) is 9.98 Å². The quantitative estimate of drug-likeness (QED) is 0.0917. The molecule has 10 rings (SSSR count). The minimum atomic E-state index is -4.93. The predicted octanol–water partition coefficient (Wildman–Crippen LogP) is 6.59. The molecule has 0 aromatic heterocycles. The van der Waals surface area contributed by atoms with Crippen molar-refractivity contribution in [3.8, 4) is 0 Å². The Kier molecular flexibility index (Phi) is 22.2. The summed E-state index contributed by atoms with van der Waals surface area (Å²) in [6.45, 7) is 9.46. The molecular weight excluding hydrogens is 1250 g/mol. The highest BCUT2D eigenvalue weighted by atomic mass is 32.2. The van der Waals surface area contributed by atoms with E-state index in [2.05, 4.69) is 36.6 Å². The van der Waals surface area contributed by atoms with E-state index in [1.165, 1.54) is 37.8 Å². The van der Waals surface area contributed by atoms with Crippen LogP contribution in [0.15, 0.2) is 81.5 Å². The minimum absolute atomic E-state index is 0. The number of amides is 5. The van der Waals surface area contributed by atoms with Crippen molar-refractivity contribution in [3.63, 3.8) is 0 Å². The molecule has 6 N–H and O–H groups in total. The molecule has 0 unspecified atom stereocenters. The number of aliphatic imine (C=N–C) groups is 2. The van der Waals surface area contributed by atoms with Gasteiger partial charge in [0.1, 0.15) is 34.4 Å². The summed E-state index contributed by atoms with van der Waals surface area (Å²) in [4.78, 5) is 81.8. The molecule has 5 amide bonds. The highest BCUT2D eigenvalue weighted by Gasteiger charge is 2.49. The van der Waals surface area contributed by atoms with Crippen molar-refractivity contribution in [2.45, 2.75) is 91.7 Å². The molecule has 91 heavy (non-hydrogen) atoms. The Morgan fingerprint density at radius 1 is 0.571 bits per heavy atom. The van der Waals surface area contributed by atoms with E-state index < -0.39 is 84.0 Å². The first-order chi connectivity index (χ1) is 41.6. The van der Waals surface area contributed by atoms with E-state index in [9.17, 15) is 85.8 Å². The van der Waals surface area contributed by atoms with E-state index in [4.69, 9.17) is 0 Å². The number of carboxylic acids is 1. The van der Waals surface area contributed by atoms with Crippen molar-refractivity contribution in [3.05, 3.63) is 150 Å². The number of hydrogen-bond acceptors (Lipinski definition) is 13. The smallest absolute Gasteiger partial charge is 0.419 e. The van der Waals surface area contributed by atoms with Crippen LogP contribution in [0.1, 0.15) is 117 Å². The monoisotopic (exact) mass is 1320 g/mol. The van der Waals surface area contributed by atoms with Gasteiger partial charge in [0.25, 0.3) is 17.7 Å². The van der Waals surface area contributed by atoms with Gasteiger partial charge in [-0.05, 0) is 160 Å². The third-order valence-corrected chi connectivity index (χ3v) is 18.7. The topological polar surface area (TPSA) is 286 Å². The van der Waals surface area contributed by atoms with Gasteiger partial charge in [-0.1, -0.05) is 14.9 Å². The number of aryl methyl sites for hydroxylation is 4. The van der Waals surface area contributed by atoms with Gasteiger partial charge >= 0.3 is 18.3 Å². The summed E-state index contributed by atoms with van der Waals surface area (Å²) >= 11 is 0. The molecule has 6 aliphatic rings. The molecule has 0 bridgehead atoms. The molecule has 0 aliphatic carbocycles. The highest BCUT2D eigenvalue weighted by molar-refractivity contribution is 7.92. The van der Waals surface area contributed by atoms with Crippen LogP contribution in [0.25, 0.3) is 12.2 Å². The van der Waals surface area contributed by atoms with Crippen LogP contribution >= 0.6 is 0 Å². The molecule has 0 saturated carbocycles. The molecule has 4 fully saturated rings. The maximum absolute atomic E-state index is 13.7. The van der Waals surface area contributed by atoms with Crippen molar-refractivity contribution in [2.75, 3.05) is 65.4 Å². The molecule has 0 radical (unpaired) electrons. The number of piperidine rings is 2. The first kappa shape index (κ1) is 71.8. The number of alkyl halides is 6. The molecule has 6 heterocycles. The zero-order valence-electron chi connectivity index (χ0n) is 48.1. The van der Waals surface area contributed by atoms with Gasteiger partial charge < -0.3 is 36.6 Å². The Labute approximate surface area is 520 Å². The van der Waals surface area contributed by atoms with Crippen LogP contribution in [0.5, 0.6) is 0 Å². The number of aromatic carboxylic acids is 1. The number of carbonyl (C=O) groups excluding carboxylic acids is 5. The first-order valence-corrected chi connectivity index (χ1v) is 30.6. The number of nitrogens with zero attached hydrogens (tertiary/aromatic N) is 5. The summed E-state index contributed by atoms with van der Waals surface area (Å²) in [5.41, 5.74) is -1.74. The number of nitrogens with one attached hydrogen (secondary N) is 5. The lowest BCUT2D eigenvalue weighted by Gasteiger charge is -2.34. The number of halogens is 8. The Morgan fingerprint density at radius 3 is 1.31 bits per heavy atom. The Hall–Kier alpha value is -8.26. The van der Waals surface area contributed by atoms with Crippen LogP contribution < -0.4 is 26.6 Å². The van der Waals surface area contributed by atoms with Gasteiger partial charge in [-0.25, -0.2) is 30.4 Å². The summed E-state index contributed by atoms with van der Waals surface area (Å²) in [5, 5.41) is 24.4. The van der Waals surface area contributed by atoms with Crippen molar-refractivity contribution < 1.29 is 85.8 Å². The molecule has 0 atom stereocenters. The maximum atomic E-state index is 13.7. The van der Waals surface area contributed by atoms with E-state index in [1.54, 1.807) is 39.8 Å². The van der Waals surface area contributed by atoms with E-state index >= 15 is 0 Å². The average molecular weight is 1320 g/mol. The lowest BCUT2D eigenvalue weighted by Crippen LogP contribution is -2.50. The van der Waals surface area contributed by atoms with Crippen molar-refractivity contribution in [1.82, 2.24) is 40.1 Å². The van der Waals surface area contributed by atoms with Crippen LogP contribution in [-0.2, 0) is 51.6 Å². The van der Waals surface area contributed by atoms with Crippen molar-refractivity contribution >= 4 is 79.4 Å². The zero-order valence-corrected chi connectivity index (χ0v) is 49.7. The molecule has 4 aromatic rings. The lowest BCUT2D eigenvalue weighted by molar-refractivity contribution is -0.140. The Balaban J connectivity index is 0.000000258. The zero-order chi connectivity index (χ0) is 65.2. The third kappa shape index (κ3) is 16.5. The van der Waals surface area contributed by atoms with Crippen molar-refractivity contribution in [1.29, 1.82) is 0 Å². The molecule has 2 spiro atoms. The fourth-order valence-corrected chi connectivity index (χ4v) is 13.1. The average Bonchev–Trinajstić information content (AvgIpc) is 1.65. The number of sulfonamides is 2. The van der Waals surface area contributed by atoms with Crippen LogP contribution in [0.3, 0.4) is 0 Å². The summed E-state index contributed by atoms with van der Waals surface area (Å²) in [6, 6.07) is 10.8. The van der Waals surface area contributed by atoms with Gasteiger partial charge in [0.05, 0.1) is 29.8 Å². The SMILES string of the molecule is C.C.Cc1cc(C(=O)N2CCNC(=O)C2)cc(C)c1/C=C/S(=O)(=O)N1CCC2(CC1)N=C(c1ccc(F)c(C(F)(F)F)c1)NC2=O.Cc1cc(C(=O)O)cc(C)c1/C=C/S(=O)(=O)N1CCC2(CC1)N=C(c1ccc(F)c(C(F)(F)F)c1)NC2=O.O=C1CNCCN1. The second kappa shape index (κ2) is 28.1. The molecule has 492 valence electrons. The number of hydrogen-bond donors (Lipinski definition) is 6. The summed E-state index contributed by atoms with van der Waals surface area (Å²) < 4.78 is 161.